The molecule has 172 valence electrons. The number of carbonyl (C=O) groups excluding carboxylic acids is 2. The molecular weight excluding hydrogens is 436 g/mol. The van der Waals surface area contributed by atoms with Crippen LogP contribution in [0.5, 0.6) is 11.8 Å². The number of rotatable bonds is 6. The molecule has 0 atom stereocenters. The topological polar surface area (TPSA) is 143 Å². The van der Waals surface area contributed by atoms with Crippen molar-refractivity contribution in [2.75, 3.05) is 32.1 Å². The zero-order valence-electron chi connectivity index (χ0n) is 18.6. The molecule has 3 heterocycles. The van der Waals surface area contributed by atoms with Gasteiger partial charge in [0.2, 0.25) is 11.9 Å². The highest BCUT2D eigenvalue weighted by Gasteiger charge is 2.33. The Morgan fingerprint density at radius 3 is 2.56 bits per heavy atom. The van der Waals surface area contributed by atoms with Crippen LogP contribution in [0.1, 0.15) is 10.4 Å². The second-order valence-electron chi connectivity index (χ2n) is 8.21. The number of benzene rings is 2. The molecule has 0 aliphatic carbocycles. The predicted octanol–water partition coefficient (Wildman–Crippen LogP) is 1.83. The molecule has 0 saturated carbocycles. The maximum atomic E-state index is 12.1. The Kier molecular flexibility index (Phi) is 5.28. The molecule has 0 spiro atoms. The number of carbonyl (C=O) groups is 2. The second kappa shape index (κ2) is 8.43. The standard InChI is InChI=1S/C23H22N8O3/c1-30(2)21(33)13-6-8-15(9-7-13)34-23-27-20(16-4-3-5-18-17(16)10-25-29-18)26-22(28-23)31-11-14(12-31)19(24)32/h3-10,14H,11-12H2,1-2H3,(H2,24,32)(H,25,29). The number of hydrogen-bond acceptors (Lipinski definition) is 8. The lowest BCUT2D eigenvalue weighted by atomic mass is 10.0. The number of amides is 2. The molecule has 0 radical (unpaired) electrons. The molecule has 11 heteroatoms. The van der Waals surface area contributed by atoms with Gasteiger partial charge in [-0.05, 0) is 30.3 Å². The van der Waals surface area contributed by atoms with Gasteiger partial charge >= 0.3 is 6.01 Å². The Labute approximate surface area is 194 Å². The molecule has 34 heavy (non-hydrogen) atoms. The van der Waals surface area contributed by atoms with Gasteiger partial charge < -0.3 is 20.3 Å². The first-order chi connectivity index (χ1) is 16.4. The summed E-state index contributed by atoms with van der Waals surface area (Å²) >= 11 is 0. The Morgan fingerprint density at radius 2 is 1.85 bits per heavy atom. The first-order valence-corrected chi connectivity index (χ1v) is 10.6. The van der Waals surface area contributed by atoms with E-state index in [1.54, 1.807) is 44.6 Å². The van der Waals surface area contributed by atoms with Gasteiger partial charge in [-0.25, -0.2) is 0 Å². The highest BCUT2D eigenvalue weighted by atomic mass is 16.5. The Morgan fingerprint density at radius 1 is 1.09 bits per heavy atom. The number of nitrogens with zero attached hydrogens (tertiary/aromatic N) is 6. The van der Waals surface area contributed by atoms with Gasteiger partial charge in [0, 0.05) is 43.7 Å². The zero-order valence-corrected chi connectivity index (χ0v) is 18.6. The SMILES string of the molecule is CN(C)C(=O)c1ccc(Oc2nc(-c3cccc4[nH]ncc34)nc(N3CC(C(N)=O)C3)n2)cc1. The fourth-order valence-electron chi connectivity index (χ4n) is 3.67. The van der Waals surface area contributed by atoms with Gasteiger partial charge in [-0.1, -0.05) is 12.1 Å². The first kappa shape index (κ1) is 21.3. The number of hydrogen-bond donors (Lipinski definition) is 2. The van der Waals surface area contributed by atoms with E-state index in [0.717, 1.165) is 16.5 Å². The van der Waals surface area contributed by atoms with Gasteiger partial charge in [0.15, 0.2) is 5.82 Å². The number of anilines is 1. The van der Waals surface area contributed by atoms with Crippen LogP contribution in [-0.4, -0.2) is 69.0 Å². The van der Waals surface area contributed by atoms with E-state index in [1.165, 1.54) is 4.90 Å². The minimum atomic E-state index is -0.350. The summed E-state index contributed by atoms with van der Waals surface area (Å²) in [6.45, 7) is 0.852. The summed E-state index contributed by atoms with van der Waals surface area (Å²) in [4.78, 5) is 40.6. The van der Waals surface area contributed by atoms with Crippen molar-refractivity contribution in [3.63, 3.8) is 0 Å². The van der Waals surface area contributed by atoms with E-state index in [0.29, 0.717) is 36.2 Å². The van der Waals surface area contributed by atoms with Crippen molar-refractivity contribution in [3.05, 3.63) is 54.2 Å². The van der Waals surface area contributed by atoms with Crippen molar-refractivity contribution in [3.8, 4) is 23.1 Å². The molecule has 1 aliphatic heterocycles. The quantitative estimate of drug-likeness (QED) is 0.445. The van der Waals surface area contributed by atoms with Crippen LogP contribution in [-0.2, 0) is 4.79 Å². The van der Waals surface area contributed by atoms with Gasteiger partial charge in [-0.15, -0.1) is 0 Å². The van der Waals surface area contributed by atoms with E-state index in [2.05, 4.69) is 25.1 Å². The summed E-state index contributed by atoms with van der Waals surface area (Å²) < 4.78 is 5.93. The smallest absolute Gasteiger partial charge is 0.327 e. The lowest BCUT2D eigenvalue weighted by Gasteiger charge is -2.37. The summed E-state index contributed by atoms with van der Waals surface area (Å²) in [7, 11) is 3.39. The molecule has 0 bridgehead atoms. The lowest BCUT2D eigenvalue weighted by molar-refractivity contribution is -0.122. The molecule has 2 amide bonds. The van der Waals surface area contributed by atoms with E-state index in [9.17, 15) is 9.59 Å². The van der Waals surface area contributed by atoms with E-state index in [-0.39, 0.29) is 23.7 Å². The number of primary amides is 1. The number of nitrogens with two attached hydrogens (primary N) is 1. The third-order valence-electron chi connectivity index (χ3n) is 5.61. The number of H-pyrrole nitrogens is 1. The number of nitrogens with one attached hydrogen (secondary N) is 1. The molecule has 1 aliphatic rings. The van der Waals surface area contributed by atoms with Crippen LogP contribution in [0.25, 0.3) is 22.3 Å². The Balaban J connectivity index is 1.50. The molecule has 4 aromatic rings. The molecule has 2 aromatic carbocycles. The maximum absolute atomic E-state index is 12.1. The molecule has 2 aromatic heterocycles. The molecule has 0 unspecified atom stereocenters. The zero-order chi connectivity index (χ0) is 23.8. The van der Waals surface area contributed by atoms with Crippen LogP contribution in [0.4, 0.5) is 5.95 Å². The predicted molar refractivity (Wildman–Crippen MR) is 124 cm³/mol. The minimum absolute atomic E-state index is 0.0923. The monoisotopic (exact) mass is 458 g/mol. The van der Waals surface area contributed by atoms with Gasteiger partial charge in [0.25, 0.3) is 5.91 Å². The molecule has 1 fully saturated rings. The Bertz CT molecular complexity index is 1380. The number of aromatic amines is 1. The Hall–Kier alpha value is -4.54. The highest BCUT2D eigenvalue weighted by molar-refractivity contribution is 5.94. The maximum Gasteiger partial charge on any atom is 0.327 e. The first-order valence-electron chi connectivity index (χ1n) is 10.6. The van der Waals surface area contributed by atoms with Crippen LogP contribution >= 0.6 is 0 Å². The third-order valence-corrected chi connectivity index (χ3v) is 5.61. The molecule has 11 nitrogen and oxygen atoms in total. The molecule has 1 saturated heterocycles. The fraction of sp³-hybridized carbons (Fsp3) is 0.217. The third kappa shape index (κ3) is 3.98. The van der Waals surface area contributed by atoms with Crippen LogP contribution in [0.15, 0.2) is 48.7 Å². The van der Waals surface area contributed by atoms with Gasteiger partial charge in [0.1, 0.15) is 5.75 Å². The molecular formula is C23H22N8O3. The van der Waals surface area contributed by atoms with Crippen LogP contribution in [0.2, 0.25) is 0 Å². The van der Waals surface area contributed by atoms with Gasteiger partial charge in [0.05, 0.1) is 17.6 Å². The van der Waals surface area contributed by atoms with E-state index in [1.807, 2.05) is 23.1 Å². The highest BCUT2D eigenvalue weighted by Crippen LogP contribution is 2.30. The van der Waals surface area contributed by atoms with Crippen LogP contribution in [0.3, 0.4) is 0 Å². The summed E-state index contributed by atoms with van der Waals surface area (Å²) in [6, 6.07) is 12.5. The second-order valence-corrected chi connectivity index (χ2v) is 8.21. The summed E-state index contributed by atoms with van der Waals surface area (Å²) in [5.41, 5.74) is 7.56. The number of aromatic nitrogens is 5. The van der Waals surface area contributed by atoms with Gasteiger partial charge in [-0.2, -0.15) is 20.1 Å². The van der Waals surface area contributed by atoms with E-state index >= 15 is 0 Å². The van der Waals surface area contributed by atoms with E-state index < -0.39 is 0 Å². The lowest BCUT2D eigenvalue weighted by Crippen LogP contribution is -2.53. The van der Waals surface area contributed by atoms with Crippen LogP contribution < -0.4 is 15.4 Å². The molecule has 5 rings (SSSR count). The molecule has 3 N–H and O–H groups in total. The average Bonchev–Trinajstić information content (AvgIpc) is 3.27. The summed E-state index contributed by atoms with van der Waals surface area (Å²) in [5, 5.41) is 7.90. The average molecular weight is 458 g/mol. The largest absolute Gasteiger partial charge is 0.424 e. The van der Waals surface area contributed by atoms with Gasteiger partial charge in [-0.3, -0.25) is 14.7 Å². The minimum Gasteiger partial charge on any atom is -0.424 e. The number of ether oxygens (including phenoxy) is 1. The fourth-order valence-corrected chi connectivity index (χ4v) is 3.67. The van der Waals surface area contributed by atoms with E-state index in [4.69, 9.17) is 10.5 Å². The van der Waals surface area contributed by atoms with Crippen molar-refractivity contribution < 1.29 is 14.3 Å². The van der Waals surface area contributed by atoms with Crippen molar-refractivity contribution in [1.29, 1.82) is 0 Å². The van der Waals surface area contributed by atoms with Crippen molar-refractivity contribution >= 4 is 28.7 Å². The van der Waals surface area contributed by atoms with Crippen molar-refractivity contribution in [2.45, 2.75) is 0 Å². The summed E-state index contributed by atoms with van der Waals surface area (Å²) in [6.07, 6.45) is 1.71. The summed E-state index contributed by atoms with van der Waals surface area (Å²) in [5.74, 6) is 0.567. The normalized spacial score (nSPS) is 13.5. The number of fused-ring (bicyclic) bond motifs is 1. The van der Waals surface area contributed by atoms with Crippen LogP contribution in [0, 0.1) is 5.92 Å². The van der Waals surface area contributed by atoms with Crippen molar-refractivity contribution in [2.24, 2.45) is 11.7 Å². The van der Waals surface area contributed by atoms with Crippen molar-refractivity contribution in [1.82, 2.24) is 30.0 Å².